The van der Waals surface area contributed by atoms with E-state index in [4.69, 9.17) is 10.6 Å². The molecule has 4 N–H and O–H groups in total. The van der Waals surface area contributed by atoms with Gasteiger partial charge in [-0.1, -0.05) is 23.0 Å². The van der Waals surface area contributed by atoms with Crippen LogP contribution in [0.2, 0.25) is 0 Å². The number of carboxylic acids is 1. The molecule has 16 heteroatoms. The maximum Gasteiger partial charge on any atom is 0.352 e. The highest BCUT2D eigenvalue weighted by molar-refractivity contribution is 8.01. The SMILES string of the molecule is C=CCn1cnnc1SCC1=C(C(=O)O)N2C(=O)C(NC(=O)/C(=N/OC)c3csc(N)n3)[C@H]2SC1. The molecular formula is C19H20N8O5S3. The van der Waals surface area contributed by atoms with Crippen molar-refractivity contribution >= 4 is 63.5 Å². The van der Waals surface area contributed by atoms with E-state index in [2.05, 4.69) is 32.2 Å². The molecule has 1 fully saturated rings. The van der Waals surface area contributed by atoms with Crippen molar-refractivity contribution in [3.05, 3.63) is 41.3 Å². The van der Waals surface area contributed by atoms with Crippen LogP contribution in [0.5, 0.6) is 0 Å². The minimum Gasteiger partial charge on any atom is -0.477 e. The number of thioether (sulfide) groups is 2. The standard InChI is InChI=1S/C19H20N8O5S3/c1-3-4-26-8-21-24-19(26)35-6-9-5-33-16-12(15(29)27(16)13(9)17(30)31)23-14(28)11(25-32-2)10-7-34-18(20)22-10/h3,7-8,12,16H,1,4-6H2,2H3,(H2,20,22)(H,23,28)(H,30,31)/b25-11+/t12?,16-/m1/s1. The molecule has 0 spiro atoms. The van der Waals surface area contributed by atoms with Crippen molar-refractivity contribution in [3.8, 4) is 0 Å². The largest absolute Gasteiger partial charge is 0.477 e. The summed E-state index contributed by atoms with van der Waals surface area (Å²) < 4.78 is 1.78. The fourth-order valence-corrected chi connectivity index (χ4v) is 6.43. The number of carbonyl (C=O) groups is 3. The Kier molecular flexibility index (Phi) is 7.42. The molecule has 0 bridgehead atoms. The van der Waals surface area contributed by atoms with Crippen LogP contribution in [-0.2, 0) is 25.8 Å². The van der Waals surface area contributed by atoms with Gasteiger partial charge in [0.2, 0.25) is 0 Å². The number of aromatic nitrogens is 4. The first-order chi connectivity index (χ1) is 16.8. The number of nitrogen functional groups attached to an aromatic ring is 1. The molecule has 1 unspecified atom stereocenters. The van der Waals surface area contributed by atoms with Crippen LogP contribution in [0.4, 0.5) is 5.13 Å². The Hall–Kier alpha value is -3.37. The first-order valence-corrected chi connectivity index (χ1v) is 12.9. The summed E-state index contributed by atoms with van der Waals surface area (Å²) in [5.41, 5.74) is 6.21. The third kappa shape index (κ3) is 4.89. The summed E-state index contributed by atoms with van der Waals surface area (Å²) in [5, 5.41) is 25.9. The van der Waals surface area contributed by atoms with Crippen LogP contribution in [0.15, 0.2) is 45.9 Å². The quantitative estimate of drug-likeness (QED) is 0.126. The summed E-state index contributed by atoms with van der Waals surface area (Å²) >= 11 is 3.82. The summed E-state index contributed by atoms with van der Waals surface area (Å²) in [6.07, 6.45) is 3.27. The highest BCUT2D eigenvalue weighted by Gasteiger charge is 2.54. The van der Waals surface area contributed by atoms with Gasteiger partial charge in [0.1, 0.15) is 36.2 Å². The molecule has 2 aromatic rings. The monoisotopic (exact) mass is 536 g/mol. The zero-order valence-electron chi connectivity index (χ0n) is 18.3. The summed E-state index contributed by atoms with van der Waals surface area (Å²) in [6, 6.07) is -0.926. The number of anilines is 1. The van der Waals surface area contributed by atoms with Gasteiger partial charge in [0.05, 0.1) is 0 Å². The summed E-state index contributed by atoms with van der Waals surface area (Å²) in [4.78, 5) is 47.8. The number of fused-ring (bicyclic) bond motifs is 1. The van der Waals surface area contributed by atoms with Gasteiger partial charge >= 0.3 is 5.97 Å². The van der Waals surface area contributed by atoms with Gasteiger partial charge in [-0.15, -0.1) is 39.9 Å². The molecule has 0 aliphatic carbocycles. The number of nitrogens with one attached hydrogen (secondary N) is 1. The molecule has 35 heavy (non-hydrogen) atoms. The molecule has 184 valence electrons. The van der Waals surface area contributed by atoms with Gasteiger partial charge in [-0.2, -0.15) is 0 Å². The molecule has 1 saturated heterocycles. The average Bonchev–Trinajstić information content (AvgIpc) is 3.47. The molecule has 2 aliphatic rings. The second-order valence-corrected chi connectivity index (χ2v) is 10.1. The Morgan fingerprint density at radius 1 is 1.51 bits per heavy atom. The van der Waals surface area contributed by atoms with Crippen molar-refractivity contribution in [1.29, 1.82) is 0 Å². The van der Waals surface area contributed by atoms with Crippen molar-refractivity contribution in [3.63, 3.8) is 0 Å². The molecule has 2 atom stereocenters. The van der Waals surface area contributed by atoms with Gasteiger partial charge in [-0.05, 0) is 5.57 Å². The van der Waals surface area contributed by atoms with Crippen molar-refractivity contribution in [2.45, 2.75) is 23.1 Å². The van der Waals surface area contributed by atoms with Crippen molar-refractivity contribution in [2.24, 2.45) is 5.16 Å². The van der Waals surface area contributed by atoms with E-state index in [1.165, 1.54) is 35.5 Å². The number of carboxylic acid groups (broad SMARTS) is 1. The first kappa shape index (κ1) is 24.7. The Morgan fingerprint density at radius 3 is 2.97 bits per heavy atom. The predicted octanol–water partition coefficient (Wildman–Crippen LogP) is 0.384. The van der Waals surface area contributed by atoms with Crippen LogP contribution >= 0.6 is 34.9 Å². The number of thiazole rings is 1. The molecule has 2 aromatic heterocycles. The van der Waals surface area contributed by atoms with E-state index < -0.39 is 29.2 Å². The minimum absolute atomic E-state index is 0.0791. The number of β-lactam (4-membered cyclic amide) rings is 1. The lowest BCUT2D eigenvalue weighted by atomic mass is 10.0. The molecule has 4 heterocycles. The van der Waals surface area contributed by atoms with Gasteiger partial charge in [0.25, 0.3) is 11.8 Å². The lowest BCUT2D eigenvalue weighted by Gasteiger charge is -2.49. The zero-order chi connectivity index (χ0) is 25.1. The second-order valence-electron chi connectivity index (χ2n) is 7.15. The molecule has 0 saturated carbocycles. The fraction of sp³-hybridized carbons (Fsp3) is 0.316. The first-order valence-electron chi connectivity index (χ1n) is 10.0. The van der Waals surface area contributed by atoms with Crippen molar-refractivity contribution in [1.82, 2.24) is 30.0 Å². The molecule has 0 radical (unpaired) electrons. The van der Waals surface area contributed by atoms with E-state index >= 15 is 0 Å². The van der Waals surface area contributed by atoms with Crippen LogP contribution in [-0.4, -0.2) is 83.3 Å². The summed E-state index contributed by atoms with van der Waals surface area (Å²) in [7, 11) is 1.28. The van der Waals surface area contributed by atoms with Gasteiger partial charge in [-0.3, -0.25) is 14.5 Å². The lowest BCUT2D eigenvalue weighted by Crippen LogP contribution is -2.71. The number of oxime groups is 1. The highest BCUT2D eigenvalue weighted by Crippen LogP contribution is 2.41. The average molecular weight is 537 g/mol. The topological polar surface area (TPSA) is 178 Å². The number of amides is 2. The number of hydrogen-bond acceptors (Lipinski definition) is 12. The van der Waals surface area contributed by atoms with E-state index in [0.717, 1.165) is 11.3 Å². The van der Waals surface area contributed by atoms with Crippen LogP contribution in [0, 0.1) is 0 Å². The van der Waals surface area contributed by atoms with E-state index in [1.54, 1.807) is 22.4 Å². The highest BCUT2D eigenvalue weighted by atomic mass is 32.2. The van der Waals surface area contributed by atoms with E-state index in [-0.39, 0.29) is 22.2 Å². The smallest absolute Gasteiger partial charge is 0.352 e. The molecular weight excluding hydrogens is 516 g/mol. The number of nitrogens with zero attached hydrogens (tertiary/aromatic N) is 6. The van der Waals surface area contributed by atoms with Gasteiger partial charge in [0.15, 0.2) is 16.0 Å². The van der Waals surface area contributed by atoms with Gasteiger partial charge < -0.3 is 25.6 Å². The zero-order valence-corrected chi connectivity index (χ0v) is 20.7. The maximum absolute atomic E-state index is 12.9. The van der Waals surface area contributed by atoms with E-state index in [1.807, 2.05) is 0 Å². The summed E-state index contributed by atoms with van der Waals surface area (Å²) in [6.45, 7) is 4.21. The minimum atomic E-state index is -1.21. The van der Waals surface area contributed by atoms with Crippen LogP contribution in [0.3, 0.4) is 0 Å². The Bertz CT molecular complexity index is 1240. The van der Waals surface area contributed by atoms with Gasteiger partial charge in [-0.25, -0.2) is 9.78 Å². The Labute approximate surface area is 211 Å². The molecule has 13 nitrogen and oxygen atoms in total. The van der Waals surface area contributed by atoms with Crippen molar-refractivity contribution < 1.29 is 24.3 Å². The number of aliphatic carboxylic acids is 1. The fourth-order valence-electron chi connectivity index (χ4n) is 3.47. The van der Waals surface area contributed by atoms with Crippen LogP contribution in [0.1, 0.15) is 5.69 Å². The van der Waals surface area contributed by atoms with Crippen molar-refractivity contribution in [2.75, 3.05) is 24.3 Å². The molecule has 4 rings (SSSR count). The van der Waals surface area contributed by atoms with Gasteiger partial charge in [0, 0.05) is 23.4 Å². The molecule has 2 aliphatic heterocycles. The number of rotatable bonds is 10. The third-order valence-corrected chi connectivity index (χ3v) is 8.06. The number of carbonyl (C=O) groups excluding carboxylic acids is 2. The number of nitrogens with two attached hydrogens (primary N) is 1. The normalized spacial score (nSPS) is 19.7. The van der Waals surface area contributed by atoms with Crippen LogP contribution < -0.4 is 11.1 Å². The molecule has 2 amide bonds. The summed E-state index contributed by atoms with van der Waals surface area (Å²) in [5.74, 6) is -1.74. The predicted molar refractivity (Wildman–Crippen MR) is 131 cm³/mol. The Morgan fingerprint density at radius 2 is 2.31 bits per heavy atom. The maximum atomic E-state index is 12.9. The third-order valence-electron chi connectivity index (χ3n) is 4.98. The Balaban J connectivity index is 1.48. The van der Waals surface area contributed by atoms with E-state index in [0.29, 0.717) is 28.8 Å². The van der Waals surface area contributed by atoms with Crippen LogP contribution in [0.25, 0.3) is 0 Å². The number of allylic oxidation sites excluding steroid dienone is 1. The lowest BCUT2D eigenvalue weighted by molar-refractivity contribution is -0.150. The van der Waals surface area contributed by atoms with E-state index in [9.17, 15) is 19.5 Å². The number of hydrogen-bond donors (Lipinski definition) is 3. The second kappa shape index (κ2) is 10.5. The molecule has 0 aromatic carbocycles.